The minimum absolute atomic E-state index is 0.103. The second-order valence-electron chi connectivity index (χ2n) is 4.30. The monoisotopic (exact) mass is 343 g/mol. The lowest BCUT2D eigenvalue weighted by Gasteiger charge is -2.15. The zero-order valence-corrected chi connectivity index (χ0v) is 13.0. The highest BCUT2D eigenvalue weighted by Crippen LogP contribution is 2.25. The summed E-state index contributed by atoms with van der Waals surface area (Å²) in [6.07, 6.45) is 2.39. The van der Waals surface area contributed by atoms with E-state index in [0.29, 0.717) is 11.6 Å². The molecule has 0 aliphatic heterocycles. The van der Waals surface area contributed by atoms with Crippen LogP contribution in [0.15, 0.2) is 22.8 Å². The summed E-state index contributed by atoms with van der Waals surface area (Å²) in [6, 6.07) is 3.76. The molecule has 2 aromatic heterocycles. The fourth-order valence-corrected chi connectivity index (χ4v) is 2.44. The molecule has 0 amide bonds. The molecule has 102 valence electrons. The summed E-state index contributed by atoms with van der Waals surface area (Å²) in [5, 5.41) is 4.93. The van der Waals surface area contributed by atoms with Crippen molar-refractivity contribution in [1.82, 2.24) is 20.2 Å². The Morgan fingerprint density at radius 2 is 2.26 bits per heavy atom. The van der Waals surface area contributed by atoms with Gasteiger partial charge in [0.05, 0.1) is 17.4 Å². The molecule has 0 aliphatic rings. The third-order valence-electron chi connectivity index (χ3n) is 2.99. The highest BCUT2D eigenvalue weighted by Gasteiger charge is 2.18. The lowest BCUT2D eigenvalue weighted by atomic mass is 10.0. The maximum atomic E-state index is 6.23. The summed E-state index contributed by atoms with van der Waals surface area (Å²) in [4.78, 5) is 4.35. The van der Waals surface area contributed by atoms with Gasteiger partial charge in [-0.25, -0.2) is 0 Å². The van der Waals surface area contributed by atoms with E-state index >= 15 is 0 Å². The maximum absolute atomic E-state index is 6.23. The van der Waals surface area contributed by atoms with E-state index in [1.807, 2.05) is 26.1 Å². The third-order valence-corrected chi connectivity index (χ3v) is 3.93. The molecule has 2 heterocycles. The lowest BCUT2D eigenvalue weighted by Crippen LogP contribution is -2.30. The van der Waals surface area contributed by atoms with E-state index in [4.69, 9.17) is 17.4 Å². The van der Waals surface area contributed by atoms with Gasteiger partial charge in [-0.05, 0) is 41.4 Å². The highest BCUT2D eigenvalue weighted by atomic mass is 79.9. The van der Waals surface area contributed by atoms with Gasteiger partial charge in [0.15, 0.2) is 0 Å². The number of halogens is 2. The van der Waals surface area contributed by atoms with E-state index in [0.717, 1.165) is 21.4 Å². The number of nitrogens with two attached hydrogens (primary N) is 1. The second kappa shape index (κ2) is 6.00. The van der Waals surface area contributed by atoms with Crippen molar-refractivity contribution in [3.63, 3.8) is 0 Å². The van der Waals surface area contributed by atoms with Crippen molar-refractivity contribution < 1.29 is 0 Å². The van der Waals surface area contributed by atoms with Crippen molar-refractivity contribution in [3.8, 4) is 0 Å². The standard InChI is InChI=1S/C12H15BrClN5/c1-7-9(12(14)19(2)18-7)5-11(17-15)10-4-3-8(13)6-16-10/h3-4,6,11,17H,5,15H2,1-2H3. The highest BCUT2D eigenvalue weighted by molar-refractivity contribution is 9.10. The summed E-state index contributed by atoms with van der Waals surface area (Å²) in [5.41, 5.74) is 5.53. The van der Waals surface area contributed by atoms with Gasteiger partial charge >= 0.3 is 0 Å². The summed E-state index contributed by atoms with van der Waals surface area (Å²) < 4.78 is 2.59. The Balaban J connectivity index is 2.26. The van der Waals surface area contributed by atoms with Gasteiger partial charge in [0.2, 0.25) is 0 Å². The van der Waals surface area contributed by atoms with Gasteiger partial charge in [0.25, 0.3) is 0 Å². The molecule has 0 radical (unpaired) electrons. The number of hydrazine groups is 1. The predicted octanol–water partition coefficient (Wildman–Crippen LogP) is 2.29. The molecule has 0 aliphatic carbocycles. The lowest BCUT2D eigenvalue weighted by molar-refractivity contribution is 0.537. The first kappa shape index (κ1) is 14.5. The number of nitrogens with one attached hydrogen (secondary N) is 1. The van der Waals surface area contributed by atoms with Crippen LogP contribution in [0.2, 0.25) is 5.15 Å². The van der Waals surface area contributed by atoms with Gasteiger partial charge < -0.3 is 0 Å². The minimum atomic E-state index is -0.103. The first-order chi connectivity index (χ1) is 9.02. The van der Waals surface area contributed by atoms with Gasteiger partial charge in [0.1, 0.15) is 5.15 Å². The molecule has 0 fully saturated rings. The van der Waals surface area contributed by atoms with E-state index in [2.05, 4.69) is 31.4 Å². The topological polar surface area (TPSA) is 68.8 Å². The van der Waals surface area contributed by atoms with Crippen LogP contribution in [0, 0.1) is 6.92 Å². The molecule has 0 aromatic carbocycles. The first-order valence-electron chi connectivity index (χ1n) is 5.78. The van der Waals surface area contributed by atoms with Gasteiger partial charge in [-0.15, -0.1) is 0 Å². The van der Waals surface area contributed by atoms with Crippen molar-refractivity contribution >= 4 is 27.5 Å². The molecular formula is C12H15BrClN5. The molecule has 1 atom stereocenters. The summed E-state index contributed by atoms with van der Waals surface area (Å²) >= 11 is 9.59. The number of hydrogen-bond donors (Lipinski definition) is 2. The van der Waals surface area contributed by atoms with Crippen molar-refractivity contribution in [2.75, 3.05) is 0 Å². The Morgan fingerprint density at radius 1 is 1.53 bits per heavy atom. The molecule has 0 bridgehead atoms. The molecule has 5 nitrogen and oxygen atoms in total. The molecule has 0 spiro atoms. The Morgan fingerprint density at radius 3 is 2.74 bits per heavy atom. The van der Waals surface area contributed by atoms with Crippen LogP contribution in [0.3, 0.4) is 0 Å². The SMILES string of the molecule is Cc1nn(C)c(Cl)c1CC(NN)c1ccc(Br)cn1. The molecular weight excluding hydrogens is 330 g/mol. The van der Waals surface area contributed by atoms with E-state index in [1.165, 1.54) is 0 Å². The summed E-state index contributed by atoms with van der Waals surface area (Å²) in [6.45, 7) is 1.93. The van der Waals surface area contributed by atoms with Crippen LogP contribution in [0.25, 0.3) is 0 Å². The Bertz CT molecular complexity index is 566. The van der Waals surface area contributed by atoms with Crippen LogP contribution in [-0.4, -0.2) is 14.8 Å². The smallest absolute Gasteiger partial charge is 0.130 e. The van der Waals surface area contributed by atoms with Crippen LogP contribution in [0.4, 0.5) is 0 Å². The molecule has 2 aromatic rings. The van der Waals surface area contributed by atoms with E-state index in [1.54, 1.807) is 10.9 Å². The molecule has 2 rings (SSSR count). The Hall–Kier alpha value is -0.950. The third kappa shape index (κ3) is 3.14. The Labute approximate surface area is 125 Å². The van der Waals surface area contributed by atoms with Crippen LogP contribution < -0.4 is 11.3 Å². The quantitative estimate of drug-likeness (QED) is 0.659. The second-order valence-corrected chi connectivity index (χ2v) is 5.58. The molecule has 1 unspecified atom stereocenters. The van der Waals surface area contributed by atoms with Gasteiger partial charge in [0, 0.05) is 23.3 Å². The van der Waals surface area contributed by atoms with Crippen molar-refractivity contribution in [2.45, 2.75) is 19.4 Å². The molecule has 3 N–H and O–H groups in total. The van der Waals surface area contributed by atoms with Gasteiger partial charge in [-0.3, -0.25) is 20.9 Å². The van der Waals surface area contributed by atoms with Crippen LogP contribution in [0.5, 0.6) is 0 Å². The zero-order valence-electron chi connectivity index (χ0n) is 10.7. The Kier molecular flexibility index (Phi) is 4.57. The number of aryl methyl sites for hydroxylation is 2. The normalized spacial score (nSPS) is 12.7. The number of nitrogens with zero attached hydrogens (tertiary/aromatic N) is 3. The molecule has 0 saturated carbocycles. The van der Waals surface area contributed by atoms with E-state index < -0.39 is 0 Å². The van der Waals surface area contributed by atoms with Crippen LogP contribution >= 0.6 is 27.5 Å². The predicted molar refractivity (Wildman–Crippen MR) is 78.7 cm³/mol. The fourth-order valence-electron chi connectivity index (χ4n) is 1.95. The fraction of sp³-hybridized carbons (Fsp3) is 0.333. The molecule has 0 saturated heterocycles. The van der Waals surface area contributed by atoms with Crippen LogP contribution in [-0.2, 0) is 13.5 Å². The first-order valence-corrected chi connectivity index (χ1v) is 6.95. The maximum Gasteiger partial charge on any atom is 0.130 e. The van der Waals surface area contributed by atoms with E-state index in [9.17, 15) is 0 Å². The van der Waals surface area contributed by atoms with Crippen molar-refractivity contribution in [1.29, 1.82) is 0 Å². The average Bonchev–Trinajstić information content (AvgIpc) is 2.63. The number of rotatable bonds is 4. The van der Waals surface area contributed by atoms with Crippen molar-refractivity contribution in [3.05, 3.63) is 44.9 Å². The number of aromatic nitrogens is 3. The largest absolute Gasteiger partial charge is 0.271 e. The summed E-state index contributed by atoms with van der Waals surface area (Å²) in [7, 11) is 1.82. The molecule has 7 heteroatoms. The van der Waals surface area contributed by atoms with Crippen LogP contribution in [0.1, 0.15) is 23.0 Å². The number of hydrogen-bond acceptors (Lipinski definition) is 4. The summed E-state index contributed by atoms with van der Waals surface area (Å²) in [5.74, 6) is 5.63. The number of pyridine rings is 1. The molecule has 19 heavy (non-hydrogen) atoms. The average molecular weight is 345 g/mol. The van der Waals surface area contributed by atoms with Gasteiger partial charge in [-0.1, -0.05) is 11.6 Å². The van der Waals surface area contributed by atoms with E-state index in [-0.39, 0.29) is 6.04 Å². The zero-order chi connectivity index (χ0) is 14.0. The van der Waals surface area contributed by atoms with Gasteiger partial charge in [-0.2, -0.15) is 5.10 Å². The minimum Gasteiger partial charge on any atom is -0.271 e. The van der Waals surface area contributed by atoms with Crippen molar-refractivity contribution in [2.24, 2.45) is 12.9 Å².